The minimum atomic E-state index is -0.470. The number of nitrogens with one attached hydrogen (secondary N) is 1. The zero-order chi connectivity index (χ0) is 20.0. The molecule has 1 aliphatic carbocycles. The third kappa shape index (κ3) is 3.13. The van der Waals surface area contributed by atoms with E-state index in [-0.39, 0.29) is 23.9 Å². The molecule has 3 atom stereocenters. The van der Waals surface area contributed by atoms with Crippen LogP contribution in [-0.4, -0.2) is 22.8 Å². The van der Waals surface area contributed by atoms with Gasteiger partial charge in [0.2, 0.25) is 11.8 Å². The Hall–Kier alpha value is -2.89. The molecule has 2 aliphatic rings. The van der Waals surface area contributed by atoms with E-state index >= 15 is 0 Å². The molecule has 6 heteroatoms. The minimum absolute atomic E-state index is 0.0318. The topological polar surface area (TPSA) is 88.3 Å². The van der Waals surface area contributed by atoms with Crippen molar-refractivity contribution in [2.24, 2.45) is 17.6 Å². The van der Waals surface area contributed by atoms with Crippen LogP contribution in [0.25, 0.3) is 0 Å². The summed E-state index contributed by atoms with van der Waals surface area (Å²) in [6, 6.07) is 9.38. The number of carbonyl (C=O) groups is 2. The third-order valence-electron chi connectivity index (χ3n) is 6.02. The van der Waals surface area contributed by atoms with Crippen molar-refractivity contribution in [2.75, 3.05) is 10.2 Å². The van der Waals surface area contributed by atoms with Crippen LogP contribution in [-0.2, 0) is 4.79 Å². The van der Waals surface area contributed by atoms with E-state index in [9.17, 15) is 9.59 Å². The Morgan fingerprint density at radius 1 is 1.25 bits per heavy atom. The maximum absolute atomic E-state index is 12.6. The number of nitrogens with zero attached hydrogens (tertiary/aromatic N) is 2. The predicted molar refractivity (Wildman–Crippen MR) is 109 cm³/mol. The molecule has 2 heterocycles. The van der Waals surface area contributed by atoms with Crippen LogP contribution in [0.1, 0.15) is 54.2 Å². The van der Waals surface area contributed by atoms with Crippen LogP contribution >= 0.6 is 0 Å². The molecule has 3 N–H and O–H groups in total. The number of aromatic nitrogens is 1. The molecule has 0 unspecified atom stereocenters. The van der Waals surface area contributed by atoms with Crippen LogP contribution in [0.4, 0.5) is 11.5 Å². The number of amides is 2. The lowest BCUT2D eigenvalue weighted by atomic mass is 9.79. The molecule has 146 valence electrons. The number of anilines is 2. The molecule has 1 aromatic carbocycles. The van der Waals surface area contributed by atoms with Gasteiger partial charge in [-0.15, -0.1) is 0 Å². The fraction of sp³-hybridized carbons (Fsp3) is 0.409. The minimum Gasteiger partial charge on any atom is -0.366 e. The van der Waals surface area contributed by atoms with E-state index in [1.807, 2.05) is 36.1 Å². The number of nitrogens with two attached hydrogens (primary N) is 1. The number of benzene rings is 1. The predicted octanol–water partition coefficient (Wildman–Crippen LogP) is 3.42. The van der Waals surface area contributed by atoms with Gasteiger partial charge in [0, 0.05) is 36.3 Å². The number of rotatable bonds is 4. The van der Waals surface area contributed by atoms with Gasteiger partial charge < -0.3 is 16.0 Å². The lowest BCUT2D eigenvalue weighted by molar-refractivity contribution is -0.117. The molecule has 1 fully saturated rings. The van der Waals surface area contributed by atoms with Crippen molar-refractivity contribution in [3.63, 3.8) is 0 Å². The highest BCUT2D eigenvalue weighted by molar-refractivity contribution is 5.97. The summed E-state index contributed by atoms with van der Waals surface area (Å²) in [5, 5.41) is 3.59. The Bertz CT molecular complexity index is 938. The molecular weight excluding hydrogens is 352 g/mol. The van der Waals surface area contributed by atoms with Crippen molar-refractivity contribution in [1.29, 1.82) is 0 Å². The molecular formula is C22H26N4O2. The molecule has 4 rings (SSSR count). The van der Waals surface area contributed by atoms with Crippen molar-refractivity contribution < 1.29 is 9.59 Å². The number of hydrogen-bond donors (Lipinski definition) is 2. The average Bonchev–Trinajstić information content (AvgIpc) is 3.49. The molecule has 0 radical (unpaired) electrons. The van der Waals surface area contributed by atoms with E-state index in [1.165, 1.54) is 0 Å². The smallest absolute Gasteiger partial charge is 0.248 e. The van der Waals surface area contributed by atoms with Crippen molar-refractivity contribution in [3.8, 4) is 0 Å². The van der Waals surface area contributed by atoms with Crippen molar-refractivity contribution >= 4 is 23.3 Å². The summed E-state index contributed by atoms with van der Waals surface area (Å²) in [4.78, 5) is 30.8. The lowest BCUT2D eigenvalue weighted by Gasteiger charge is -2.46. The Labute approximate surface area is 165 Å². The number of hydrogen-bond acceptors (Lipinski definition) is 4. The normalized spacial score (nSPS) is 23.8. The average molecular weight is 378 g/mol. The molecule has 1 aromatic heterocycles. The van der Waals surface area contributed by atoms with Crippen LogP contribution < -0.4 is 16.0 Å². The van der Waals surface area contributed by atoms with Gasteiger partial charge >= 0.3 is 0 Å². The lowest BCUT2D eigenvalue weighted by Crippen LogP contribution is -2.51. The first-order valence-corrected chi connectivity index (χ1v) is 9.80. The van der Waals surface area contributed by atoms with Crippen LogP contribution in [0.15, 0.2) is 36.5 Å². The highest BCUT2D eigenvalue weighted by atomic mass is 16.2. The van der Waals surface area contributed by atoms with Gasteiger partial charge in [0.1, 0.15) is 5.82 Å². The van der Waals surface area contributed by atoms with E-state index < -0.39 is 5.91 Å². The second kappa shape index (κ2) is 6.93. The summed E-state index contributed by atoms with van der Waals surface area (Å²) in [5.74, 6) is 1.05. The number of aryl methyl sites for hydroxylation is 1. The van der Waals surface area contributed by atoms with Gasteiger partial charge in [0.15, 0.2) is 0 Å². The monoisotopic (exact) mass is 378 g/mol. The summed E-state index contributed by atoms with van der Waals surface area (Å²) < 4.78 is 0. The number of pyridine rings is 1. The largest absolute Gasteiger partial charge is 0.366 e. The molecule has 1 aliphatic heterocycles. The van der Waals surface area contributed by atoms with Crippen LogP contribution in [0.5, 0.6) is 0 Å². The van der Waals surface area contributed by atoms with E-state index in [0.29, 0.717) is 11.5 Å². The fourth-order valence-corrected chi connectivity index (χ4v) is 4.50. The van der Waals surface area contributed by atoms with Crippen LogP contribution in [0, 0.1) is 18.8 Å². The molecule has 2 amide bonds. The van der Waals surface area contributed by atoms with Gasteiger partial charge in [0.05, 0.1) is 6.04 Å². The molecule has 6 nitrogen and oxygen atoms in total. The quantitative estimate of drug-likeness (QED) is 0.853. The Morgan fingerprint density at radius 3 is 2.61 bits per heavy atom. The molecule has 28 heavy (non-hydrogen) atoms. The van der Waals surface area contributed by atoms with E-state index in [0.717, 1.165) is 35.5 Å². The first-order chi connectivity index (χ1) is 13.4. The zero-order valence-corrected chi connectivity index (χ0v) is 16.5. The summed E-state index contributed by atoms with van der Waals surface area (Å²) in [7, 11) is 0. The molecule has 0 saturated heterocycles. The van der Waals surface area contributed by atoms with Crippen molar-refractivity contribution in [2.45, 2.75) is 45.7 Å². The maximum Gasteiger partial charge on any atom is 0.248 e. The Balaban J connectivity index is 1.85. The first kappa shape index (κ1) is 18.5. The Kier molecular flexibility index (Phi) is 4.57. The van der Waals surface area contributed by atoms with E-state index in [1.54, 1.807) is 19.2 Å². The van der Waals surface area contributed by atoms with E-state index in [4.69, 9.17) is 5.73 Å². The summed E-state index contributed by atoms with van der Waals surface area (Å²) in [5.41, 5.74) is 8.81. The van der Waals surface area contributed by atoms with Gasteiger partial charge in [-0.05, 0) is 61.1 Å². The van der Waals surface area contributed by atoms with Gasteiger partial charge in [-0.3, -0.25) is 9.59 Å². The number of carbonyl (C=O) groups excluding carboxylic acids is 2. The highest BCUT2D eigenvalue weighted by Crippen LogP contribution is 2.50. The number of primary amides is 1. The Morgan fingerprint density at radius 2 is 2.00 bits per heavy atom. The van der Waals surface area contributed by atoms with Gasteiger partial charge in [-0.25, -0.2) is 4.98 Å². The summed E-state index contributed by atoms with van der Waals surface area (Å²) in [6.45, 7) is 5.81. The number of fused-ring (bicyclic) bond motifs is 1. The molecule has 2 aromatic rings. The van der Waals surface area contributed by atoms with E-state index in [2.05, 4.69) is 17.2 Å². The highest BCUT2D eigenvalue weighted by Gasteiger charge is 2.47. The molecule has 0 spiro atoms. The molecule has 1 saturated carbocycles. The van der Waals surface area contributed by atoms with Crippen molar-refractivity contribution in [1.82, 2.24) is 4.98 Å². The maximum atomic E-state index is 12.6. The summed E-state index contributed by atoms with van der Waals surface area (Å²) >= 11 is 0. The second-order valence-electron chi connectivity index (χ2n) is 8.00. The van der Waals surface area contributed by atoms with Gasteiger partial charge in [-0.1, -0.05) is 13.0 Å². The SMILES string of the molecule is CC(=O)N1c2ccc(C(N)=O)cc2[C@H](Nc2ncccc2C)[C@@H](C)[C@@H]1C1CC1. The first-order valence-electron chi connectivity index (χ1n) is 9.80. The standard InChI is InChI=1S/C22H26N4O2/c1-12-5-4-10-24-22(12)25-19-13(2)20(15-6-7-15)26(14(3)27)18-9-8-16(21(23)28)11-17(18)19/h4-5,8-11,13,15,19-20H,6-7H2,1-3H3,(H2,23,28)(H,24,25)/t13-,19-,20-/m1/s1. The fourth-order valence-electron chi connectivity index (χ4n) is 4.50. The zero-order valence-electron chi connectivity index (χ0n) is 16.5. The van der Waals surface area contributed by atoms with Gasteiger partial charge in [-0.2, -0.15) is 0 Å². The van der Waals surface area contributed by atoms with Crippen molar-refractivity contribution in [3.05, 3.63) is 53.2 Å². The second-order valence-corrected chi connectivity index (χ2v) is 8.00. The molecule has 0 bridgehead atoms. The third-order valence-corrected chi connectivity index (χ3v) is 6.02. The van der Waals surface area contributed by atoms with Crippen LogP contribution in [0.3, 0.4) is 0 Å². The van der Waals surface area contributed by atoms with Crippen LogP contribution in [0.2, 0.25) is 0 Å². The summed E-state index contributed by atoms with van der Waals surface area (Å²) in [6.07, 6.45) is 4.05. The van der Waals surface area contributed by atoms with Gasteiger partial charge in [0.25, 0.3) is 0 Å².